The first-order chi connectivity index (χ1) is 9.27. The molecule has 1 aromatic rings. The lowest BCUT2D eigenvalue weighted by Crippen LogP contribution is -2.50. The number of anilines is 1. The fraction of sp³-hybridized carbons (Fsp3) is 0.625. The third-order valence-corrected chi connectivity index (χ3v) is 4.31. The summed E-state index contributed by atoms with van der Waals surface area (Å²) in [7, 11) is 0. The number of ether oxygens (including phenoxy) is 1. The minimum Gasteiger partial charge on any atom is -0.491 e. The van der Waals surface area contributed by atoms with Gasteiger partial charge in [0.15, 0.2) is 0 Å². The van der Waals surface area contributed by atoms with E-state index in [4.69, 9.17) is 4.74 Å². The molecule has 104 valence electrons. The van der Waals surface area contributed by atoms with E-state index < -0.39 is 0 Å². The molecule has 3 rings (SSSR count). The second kappa shape index (κ2) is 5.41. The van der Waals surface area contributed by atoms with E-state index in [1.165, 1.54) is 36.9 Å². The van der Waals surface area contributed by atoms with Crippen molar-refractivity contribution < 1.29 is 4.74 Å². The van der Waals surface area contributed by atoms with Crippen LogP contribution in [0.1, 0.15) is 38.2 Å². The highest BCUT2D eigenvalue weighted by Crippen LogP contribution is 2.31. The molecule has 1 fully saturated rings. The Morgan fingerprint density at radius 1 is 1.21 bits per heavy atom. The molecule has 3 nitrogen and oxygen atoms in total. The van der Waals surface area contributed by atoms with Gasteiger partial charge in [0.05, 0.1) is 0 Å². The van der Waals surface area contributed by atoms with Gasteiger partial charge in [0.25, 0.3) is 0 Å². The highest BCUT2D eigenvalue weighted by Gasteiger charge is 2.27. The van der Waals surface area contributed by atoms with E-state index in [2.05, 4.69) is 35.8 Å². The van der Waals surface area contributed by atoms with E-state index in [-0.39, 0.29) is 5.54 Å². The molecule has 0 bridgehead atoms. The number of hydrogen-bond donors (Lipinski definition) is 2. The summed E-state index contributed by atoms with van der Waals surface area (Å²) in [6.45, 7) is 5.24. The maximum Gasteiger partial charge on any atom is 0.124 e. The van der Waals surface area contributed by atoms with Gasteiger partial charge in [-0.2, -0.15) is 0 Å². The van der Waals surface area contributed by atoms with Crippen LogP contribution in [0.2, 0.25) is 0 Å². The molecule has 2 N–H and O–H groups in total. The van der Waals surface area contributed by atoms with Crippen LogP contribution in [0.3, 0.4) is 0 Å². The van der Waals surface area contributed by atoms with E-state index in [1.807, 2.05) is 0 Å². The highest BCUT2D eigenvalue weighted by atomic mass is 16.5. The van der Waals surface area contributed by atoms with Crippen molar-refractivity contribution in [3.63, 3.8) is 0 Å². The van der Waals surface area contributed by atoms with Crippen LogP contribution in [-0.4, -0.2) is 25.2 Å². The normalized spacial score (nSPS) is 26.4. The van der Waals surface area contributed by atoms with Gasteiger partial charge < -0.3 is 15.4 Å². The summed E-state index contributed by atoms with van der Waals surface area (Å²) in [5, 5.41) is 7.06. The smallest absolute Gasteiger partial charge is 0.124 e. The fourth-order valence-electron chi connectivity index (χ4n) is 3.09. The second-order valence-electron chi connectivity index (χ2n) is 6.05. The van der Waals surface area contributed by atoms with Crippen LogP contribution >= 0.6 is 0 Å². The van der Waals surface area contributed by atoms with E-state index in [0.29, 0.717) is 0 Å². The first-order valence-corrected chi connectivity index (χ1v) is 7.50. The van der Waals surface area contributed by atoms with Gasteiger partial charge in [-0.05, 0) is 51.3 Å². The monoisotopic (exact) mass is 260 g/mol. The molecule has 0 saturated carbocycles. The van der Waals surface area contributed by atoms with Gasteiger partial charge in [-0.3, -0.25) is 0 Å². The van der Waals surface area contributed by atoms with Crippen LogP contribution < -0.4 is 15.4 Å². The van der Waals surface area contributed by atoms with Gasteiger partial charge in [0.2, 0.25) is 0 Å². The summed E-state index contributed by atoms with van der Waals surface area (Å²) >= 11 is 0. The molecule has 2 aliphatic rings. The zero-order valence-electron chi connectivity index (χ0n) is 11.8. The lowest BCUT2D eigenvalue weighted by molar-refractivity contribution is 0.162. The highest BCUT2D eigenvalue weighted by molar-refractivity contribution is 5.59. The summed E-state index contributed by atoms with van der Waals surface area (Å²) in [5.74, 6) is 1.07. The number of nitrogens with one attached hydrogen (secondary N) is 2. The predicted molar refractivity (Wildman–Crippen MR) is 79.0 cm³/mol. The van der Waals surface area contributed by atoms with E-state index in [1.54, 1.807) is 0 Å². The lowest BCUT2D eigenvalue weighted by atomic mass is 9.92. The molecule has 1 atom stereocenters. The molecular formula is C16H24N2O. The standard InChI is InChI=1S/C16H24N2O/c1-16(9-2-3-11-18-16)12-19-15-8-4-7-14-13(15)6-5-10-17-14/h4,7-8,17-18H,2-3,5-6,9-12H2,1H3. The molecule has 1 unspecified atom stereocenters. The van der Waals surface area contributed by atoms with E-state index in [0.717, 1.165) is 31.9 Å². The molecule has 1 saturated heterocycles. The molecule has 0 radical (unpaired) electrons. The Hall–Kier alpha value is -1.22. The van der Waals surface area contributed by atoms with Crippen LogP contribution in [-0.2, 0) is 6.42 Å². The van der Waals surface area contributed by atoms with Gasteiger partial charge in [-0.1, -0.05) is 12.5 Å². The molecule has 0 spiro atoms. The summed E-state index contributed by atoms with van der Waals surface area (Å²) in [6.07, 6.45) is 6.13. The van der Waals surface area contributed by atoms with Crippen molar-refractivity contribution in [1.29, 1.82) is 0 Å². The Balaban J connectivity index is 1.69. The van der Waals surface area contributed by atoms with Crippen molar-refractivity contribution in [3.8, 4) is 5.75 Å². The average molecular weight is 260 g/mol. The van der Waals surface area contributed by atoms with Crippen LogP contribution in [0.15, 0.2) is 18.2 Å². The summed E-state index contributed by atoms with van der Waals surface area (Å²) in [5.41, 5.74) is 2.75. The number of piperidine rings is 1. The maximum atomic E-state index is 6.14. The molecular weight excluding hydrogens is 236 g/mol. The number of fused-ring (bicyclic) bond motifs is 1. The number of rotatable bonds is 3. The van der Waals surface area contributed by atoms with Crippen LogP contribution in [0.4, 0.5) is 5.69 Å². The molecule has 2 heterocycles. The Labute approximate surface area is 115 Å². The van der Waals surface area contributed by atoms with Crippen LogP contribution in [0.5, 0.6) is 5.75 Å². The number of hydrogen-bond acceptors (Lipinski definition) is 3. The number of benzene rings is 1. The summed E-state index contributed by atoms with van der Waals surface area (Å²) in [6, 6.07) is 6.35. The Morgan fingerprint density at radius 2 is 2.16 bits per heavy atom. The topological polar surface area (TPSA) is 33.3 Å². The van der Waals surface area contributed by atoms with Crippen molar-refractivity contribution >= 4 is 5.69 Å². The molecule has 2 aliphatic heterocycles. The van der Waals surface area contributed by atoms with Gasteiger partial charge in [-0.15, -0.1) is 0 Å². The van der Waals surface area contributed by atoms with Crippen LogP contribution in [0, 0.1) is 0 Å². The minimum atomic E-state index is 0.142. The molecule has 19 heavy (non-hydrogen) atoms. The van der Waals surface area contributed by atoms with Gasteiger partial charge >= 0.3 is 0 Å². The molecule has 0 aliphatic carbocycles. The minimum absolute atomic E-state index is 0.142. The molecule has 1 aromatic carbocycles. The SMILES string of the molecule is CC1(COc2cccc3c2CCCN3)CCCCN1. The fourth-order valence-corrected chi connectivity index (χ4v) is 3.09. The van der Waals surface area contributed by atoms with Crippen molar-refractivity contribution in [2.24, 2.45) is 0 Å². The van der Waals surface area contributed by atoms with E-state index >= 15 is 0 Å². The summed E-state index contributed by atoms with van der Waals surface area (Å²) < 4.78 is 6.14. The van der Waals surface area contributed by atoms with Crippen molar-refractivity contribution in [2.45, 2.75) is 44.6 Å². The molecule has 0 amide bonds. The maximum absolute atomic E-state index is 6.14. The Kier molecular flexibility index (Phi) is 3.65. The quantitative estimate of drug-likeness (QED) is 0.876. The molecule has 3 heteroatoms. The first kappa shape index (κ1) is 12.8. The second-order valence-corrected chi connectivity index (χ2v) is 6.05. The van der Waals surface area contributed by atoms with Crippen LogP contribution in [0.25, 0.3) is 0 Å². The van der Waals surface area contributed by atoms with E-state index in [9.17, 15) is 0 Å². The third kappa shape index (κ3) is 2.86. The lowest BCUT2D eigenvalue weighted by Gasteiger charge is -2.35. The first-order valence-electron chi connectivity index (χ1n) is 7.50. The Bertz CT molecular complexity index is 438. The Morgan fingerprint density at radius 3 is 3.00 bits per heavy atom. The summed E-state index contributed by atoms with van der Waals surface area (Å²) in [4.78, 5) is 0. The zero-order chi connectivity index (χ0) is 13.1. The van der Waals surface area contributed by atoms with Crippen molar-refractivity contribution in [1.82, 2.24) is 5.32 Å². The van der Waals surface area contributed by atoms with Crippen molar-refractivity contribution in [2.75, 3.05) is 25.0 Å². The van der Waals surface area contributed by atoms with Gasteiger partial charge in [0.1, 0.15) is 12.4 Å². The average Bonchev–Trinajstić information content (AvgIpc) is 2.46. The zero-order valence-corrected chi connectivity index (χ0v) is 11.8. The largest absolute Gasteiger partial charge is 0.491 e. The van der Waals surface area contributed by atoms with Gasteiger partial charge in [-0.25, -0.2) is 0 Å². The van der Waals surface area contributed by atoms with Gasteiger partial charge in [0, 0.05) is 23.3 Å². The molecule has 0 aromatic heterocycles. The van der Waals surface area contributed by atoms with Crippen molar-refractivity contribution in [3.05, 3.63) is 23.8 Å². The predicted octanol–water partition coefficient (Wildman–Crippen LogP) is 2.96. The third-order valence-electron chi connectivity index (χ3n) is 4.31.